The van der Waals surface area contributed by atoms with Crippen LogP contribution in [-0.4, -0.2) is 37.5 Å². The van der Waals surface area contributed by atoms with Gasteiger partial charge in [0.2, 0.25) is 0 Å². The maximum atomic E-state index is 11.8. The Morgan fingerprint density at radius 1 is 1.44 bits per heavy atom. The van der Waals surface area contributed by atoms with Gasteiger partial charge in [-0.15, -0.1) is 0 Å². The number of esters is 1. The van der Waals surface area contributed by atoms with E-state index in [-0.39, 0.29) is 24.0 Å². The quantitative estimate of drug-likeness (QED) is 0.690. The fourth-order valence-electron chi connectivity index (χ4n) is 1.46. The van der Waals surface area contributed by atoms with Crippen LogP contribution < -0.4 is 10.3 Å². The maximum absolute atomic E-state index is 11.8. The molecule has 1 rings (SSSR count). The third-order valence-corrected chi connectivity index (χ3v) is 2.24. The largest absolute Gasteiger partial charge is 0.491 e. The second kappa shape index (κ2) is 6.80. The van der Waals surface area contributed by atoms with Crippen molar-refractivity contribution in [2.75, 3.05) is 20.8 Å². The van der Waals surface area contributed by atoms with Crippen LogP contribution in [0, 0.1) is 0 Å². The summed E-state index contributed by atoms with van der Waals surface area (Å²) in [4.78, 5) is 23.3. The maximum Gasteiger partial charge on any atom is 0.326 e. The summed E-state index contributed by atoms with van der Waals surface area (Å²) in [5, 5.41) is 0. The Morgan fingerprint density at radius 2 is 2.17 bits per heavy atom. The highest BCUT2D eigenvalue weighted by atomic mass is 16.6. The zero-order valence-corrected chi connectivity index (χ0v) is 10.7. The summed E-state index contributed by atoms with van der Waals surface area (Å²) in [6, 6.07) is 3.17. The van der Waals surface area contributed by atoms with E-state index >= 15 is 0 Å². The Morgan fingerprint density at radius 3 is 2.78 bits per heavy atom. The molecule has 1 unspecified atom stereocenters. The fourth-order valence-corrected chi connectivity index (χ4v) is 1.46. The van der Waals surface area contributed by atoms with Crippen LogP contribution in [0.5, 0.6) is 5.75 Å². The molecular formula is C12H17NO5. The summed E-state index contributed by atoms with van der Waals surface area (Å²) in [7, 11) is 2.93. The van der Waals surface area contributed by atoms with Crippen molar-refractivity contribution in [2.45, 2.75) is 19.6 Å². The molecule has 18 heavy (non-hydrogen) atoms. The molecule has 0 fully saturated rings. The summed E-state index contributed by atoms with van der Waals surface area (Å²) in [6.45, 7) is 1.89. The number of methoxy groups -OCH3 is 2. The smallest absolute Gasteiger partial charge is 0.326 e. The molecule has 0 aliphatic carbocycles. The molecule has 0 radical (unpaired) electrons. The number of pyridine rings is 1. The van der Waals surface area contributed by atoms with Gasteiger partial charge in [-0.05, 0) is 19.1 Å². The number of nitrogens with zero attached hydrogens (tertiary/aromatic N) is 1. The Kier molecular flexibility index (Phi) is 5.38. The highest BCUT2D eigenvalue weighted by Crippen LogP contribution is 2.01. The van der Waals surface area contributed by atoms with Gasteiger partial charge in [0, 0.05) is 13.3 Å². The summed E-state index contributed by atoms with van der Waals surface area (Å²) in [5.74, 6) is -0.301. The van der Waals surface area contributed by atoms with Crippen molar-refractivity contribution in [3.05, 3.63) is 28.7 Å². The lowest BCUT2D eigenvalue weighted by molar-refractivity contribution is -0.151. The molecule has 1 heterocycles. The van der Waals surface area contributed by atoms with Crippen LogP contribution in [0.3, 0.4) is 0 Å². The van der Waals surface area contributed by atoms with Gasteiger partial charge in [-0.1, -0.05) is 0 Å². The standard InChI is InChI=1S/C12H17NO5/c1-9(8-16-2)18-11(14)7-13-6-4-5-10(17-3)12(13)15/h4-6,9H,7-8H2,1-3H3. The van der Waals surface area contributed by atoms with Crippen molar-refractivity contribution in [3.63, 3.8) is 0 Å². The van der Waals surface area contributed by atoms with Crippen LogP contribution in [0.4, 0.5) is 0 Å². The summed E-state index contributed by atoms with van der Waals surface area (Å²) in [6.07, 6.45) is 1.16. The number of ether oxygens (including phenoxy) is 3. The first kappa shape index (κ1) is 14.2. The summed E-state index contributed by atoms with van der Waals surface area (Å²) < 4.78 is 16.0. The van der Waals surface area contributed by atoms with E-state index in [2.05, 4.69) is 0 Å². The average molecular weight is 255 g/mol. The molecule has 0 bridgehead atoms. The monoisotopic (exact) mass is 255 g/mol. The second-order valence-corrected chi connectivity index (χ2v) is 3.77. The number of carbonyl (C=O) groups excluding carboxylic acids is 1. The minimum atomic E-state index is -0.491. The molecule has 0 saturated heterocycles. The Hall–Kier alpha value is -1.82. The third kappa shape index (κ3) is 3.89. The van der Waals surface area contributed by atoms with Crippen LogP contribution in [0.2, 0.25) is 0 Å². The molecule has 1 atom stereocenters. The van der Waals surface area contributed by atoms with Crippen molar-refractivity contribution in [1.29, 1.82) is 0 Å². The van der Waals surface area contributed by atoms with Gasteiger partial charge in [-0.2, -0.15) is 0 Å². The van der Waals surface area contributed by atoms with E-state index in [1.165, 1.54) is 31.0 Å². The minimum Gasteiger partial charge on any atom is -0.491 e. The van der Waals surface area contributed by atoms with Gasteiger partial charge >= 0.3 is 5.97 Å². The van der Waals surface area contributed by atoms with Crippen LogP contribution >= 0.6 is 0 Å². The Bertz CT molecular complexity index is 454. The lowest BCUT2D eigenvalue weighted by Gasteiger charge is -2.13. The number of rotatable bonds is 6. The molecule has 1 aromatic rings. The van der Waals surface area contributed by atoms with Crippen molar-refractivity contribution in [2.24, 2.45) is 0 Å². The van der Waals surface area contributed by atoms with E-state index < -0.39 is 5.97 Å². The van der Waals surface area contributed by atoms with E-state index in [1.807, 2.05) is 0 Å². The molecule has 100 valence electrons. The number of hydrogen-bond acceptors (Lipinski definition) is 5. The Balaban J connectivity index is 2.68. The van der Waals surface area contributed by atoms with Crippen molar-refractivity contribution < 1.29 is 19.0 Å². The molecule has 0 amide bonds. The lowest BCUT2D eigenvalue weighted by Crippen LogP contribution is -2.28. The zero-order chi connectivity index (χ0) is 13.5. The predicted octanol–water partition coefficient (Wildman–Crippen LogP) is 0.435. The lowest BCUT2D eigenvalue weighted by atomic mass is 10.4. The number of carbonyl (C=O) groups is 1. The first-order valence-corrected chi connectivity index (χ1v) is 5.50. The van der Waals surface area contributed by atoms with Gasteiger partial charge in [-0.3, -0.25) is 9.59 Å². The van der Waals surface area contributed by atoms with Crippen molar-refractivity contribution >= 4 is 5.97 Å². The van der Waals surface area contributed by atoms with Crippen molar-refractivity contribution in [1.82, 2.24) is 4.57 Å². The molecule has 0 spiro atoms. The molecule has 0 aromatic carbocycles. The first-order chi connectivity index (χ1) is 8.58. The van der Waals surface area contributed by atoms with Gasteiger partial charge in [0.15, 0.2) is 5.75 Å². The normalized spacial score (nSPS) is 11.9. The Labute approximate surface area is 105 Å². The number of aromatic nitrogens is 1. The SMILES string of the molecule is COCC(C)OC(=O)Cn1cccc(OC)c1=O. The van der Waals surface area contributed by atoms with Gasteiger partial charge in [-0.25, -0.2) is 0 Å². The van der Waals surface area contributed by atoms with Gasteiger partial charge in [0.25, 0.3) is 5.56 Å². The average Bonchev–Trinajstić information content (AvgIpc) is 2.32. The summed E-state index contributed by atoms with van der Waals surface area (Å²) in [5.41, 5.74) is -0.364. The second-order valence-electron chi connectivity index (χ2n) is 3.77. The van der Waals surface area contributed by atoms with Gasteiger partial charge < -0.3 is 18.8 Å². The molecule has 0 aliphatic rings. The molecule has 0 saturated carbocycles. The molecule has 6 heteroatoms. The van der Waals surface area contributed by atoms with Crippen molar-refractivity contribution in [3.8, 4) is 5.75 Å². The van der Waals surface area contributed by atoms with E-state index in [0.717, 1.165) is 0 Å². The highest BCUT2D eigenvalue weighted by molar-refractivity contribution is 5.69. The van der Waals surface area contributed by atoms with Crippen LogP contribution in [0.15, 0.2) is 23.1 Å². The predicted molar refractivity (Wildman–Crippen MR) is 64.7 cm³/mol. The van der Waals surface area contributed by atoms with Gasteiger partial charge in [0.05, 0.1) is 13.7 Å². The molecular weight excluding hydrogens is 238 g/mol. The third-order valence-electron chi connectivity index (χ3n) is 2.24. The fraction of sp³-hybridized carbons (Fsp3) is 0.500. The zero-order valence-electron chi connectivity index (χ0n) is 10.7. The van der Waals surface area contributed by atoms with Crippen LogP contribution in [-0.2, 0) is 20.8 Å². The van der Waals surface area contributed by atoms with E-state index in [4.69, 9.17) is 14.2 Å². The minimum absolute atomic E-state index is 0.149. The van der Waals surface area contributed by atoms with E-state index in [0.29, 0.717) is 6.61 Å². The van der Waals surface area contributed by atoms with Gasteiger partial charge in [0.1, 0.15) is 12.6 Å². The number of hydrogen-bond donors (Lipinski definition) is 0. The van der Waals surface area contributed by atoms with E-state index in [9.17, 15) is 9.59 Å². The van der Waals surface area contributed by atoms with E-state index in [1.54, 1.807) is 13.0 Å². The highest BCUT2D eigenvalue weighted by Gasteiger charge is 2.11. The topological polar surface area (TPSA) is 66.8 Å². The first-order valence-electron chi connectivity index (χ1n) is 5.50. The molecule has 6 nitrogen and oxygen atoms in total. The summed E-state index contributed by atoms with van der Waals surface area (Å²) >= 11 is 0. The van der Waals surface area contributed by atoms with Crippen LogP contribution in [0.25, 0.3) is 0 Å². The van der Waals surface area contributed by atoms with Crippen LogP contribution in [0.1, 0.15) is 6.92 Å². The molecule has 0 N–H and O–H groups in total. The molecule has 1 aromatic heterocycles. The molecule has 0 aliphatic heterocycles.